The van der Waals surface area contributed by atoms with Gasteiger partial charge in [-0.2, -0.15) is 0 Å². The molecule has 0 radical (unpaired) electrons. The Hall–Kier alpha value is -1.37. The molecule has 0 aliphatic heterocycles. The lowest BCUT2D eigenvalue weighted by Crippen LogP contribution is -1.87. The molecule has 0 bridgehead atoms. The van der Waals surface area contributed by atoms with Crippen LogP contribution in [0.2, 0.25) is 0 Å². The standard InChI is InChI=1S/C14H17F/c1-3-5-6-9-12(4-2)13-10-7-8-11-14(13)15/h5-11H,3-4H2,1-2H3/b6-5-,12-9+. The van der Waals surface area contributed by atoms with Gasteiger partial charge in [-0.15, -0.1) is 0 Å². The van der Waals surface area contributed by atoms with Crippen molar-refractivity contribution < 1.29 is 4.39 Å². The van der Waals surface area contributed by atoms with Crippen LogP contribution in [0.25, 0.3) is 5.57 Å². The molecule has 0 spiro atoms. The van der Waals surface area contributed by atoms with Gasteiger partial charge in [-0.25, -0.2) is 4.39 Å². The molecule has 1 aromatic carbocycles. The average Bonchev–Trinajstić information content (AvgIpc) is 2.26. The summed E-state index contributed by atoms with van der Waals surface area (Å²) in [6.45, 7) is 4.12. The Morgan fingerprint density at radius 3 is 2.60 bits per heavy atom. The van der Waals surface area contributed by atoms with E-state index in [0.29, 0.717) is 5.56 Å². The molecule has 0 saturated carbocycles. The molecule has 15 heavy (non-hydrogen) atoms. The van der Waals surface area contributed by atoms with Crippen molar-refractivity contribution in [3.05, 3.63) is 53.9 Å². The summed E-state index contributed by atoms with van der Waals surface area (Å²) in [5.41, 5.74) is 1.75. The van der Waals surface area contributed by atoms with Crippen LogP contribution >= 0.6 is 0 Å². The van der Waals surface area contributed by atoms with Gasteiger partial charge < -0.3 is 0 Å². The molecule has 0 N–H and O–H groups in total. The van der Waals surface area contributed by atoms with Gasteiger partial charge in [-0.1, -0.05) is 50.3 Å². The first-order chi connectivity index (χ1) is 7.29. The lowest BCUT2D eigenvalue weighted by Gasteiger charge is -2.04. The van der Waals surface area contributed by atoms with Gasteiger partial charge >= 0.3 is 0 Å². The third-order valence-electron chi connectivity index (χ3n) is 2.27. The molecular weight excluding hydrogens is 187 g/mol. The normalized spacial score (nSPS) is 12.3. The number of halogens is 1. The third kappa shape index (κ3) is 3.35. The molecule has 80 valence electrons. The SMILES string of the molecule is CC/C=C\C=C(/CC)c1ccccc1F. The van der Waals surface area contributed by atoms with Crippen molar-refractivity contribution in [3.63, 3.8) is 0 Å². The molecule has 0 amide bonds. The van der Waals surface area contributed by atoms with Crippen LogP contribution in [-0.4, -0.2) is 0 Å². The van der Waals surface area contributed by atoms with Crippen LogP contribution in [0.1, 0.15) is 32.3 Å². The van der Waals surface area contributed by atoms with Gasteiger partial charge in [0, 0.05) is 5.56 Å². The molecule has 0 aromatic heterocycles. The van der Waals surface area contributed by atoms with Gasteiger partial charge in [0.1, 0.15) is 5.82 Å². The Morgan fingerprint density at radius 2 is 2.00 bits per heavy atom. The number of allylic oxidation sites excluding steroid dienone is 4. The van der Waals surface area contributed by atoms with E-state index in [1.54, 1.807) is 6.07 Å². The molecule has 1 aromatic rings. The quantitative estimate of drug-likeness (QED) is 0.629. The molecule has 0 unspecified atom stereocenters. The van der Waals surface area contributed by atoms with Gasteiger partial charge in [-0.3, -0.25) is 0 Å². The first-order valence-electron chi connectivity index (χ1n) is 5.40. The fourth-order valence-electron chi connectivity index (χ4n) is 1.44. The van der Waals surface area contributed by atoms with Gasteiger partial charge in [-0.05, 0) is 24.5 Å². The van der Waals surface area contributed by atoms with Crippen molar-refractivity contribution in [2.24, 2.45) is 0 Å². The monoisotopic (exact) mass is 204 g/mol. The molecule has 0 saturated heterocycles. The zero-order valence-electron chi connectivity index (χ0n) is 9.33. The van der Waals surface area contributed by atoms with E-state index in [4.69, 9.17) is 0 Å². The molecule has 0 heterocycles. The topological polar surface area (TPSA) is 0 Å². The summed E-state index contributed by atoms with van der Waals surface area (Å²) in [5, 5.41) is 0. The summed E-state index contributed by atoms with van der Waals surface area (Å²) in [4.78, 5) is 0. The Balaban J connectivity index is 2.97. The fourth-order valence-corrected chi connectivity index (χ4v) is 1.44. The van der Waals surface area contributed by atoms with Crippen LogP contribution in [0.15, 0.2) is 42.5 Å². The van der Waals surface area contributed by atoms with Crippen molar-refractivity contribution in [2.75, 3.05) is 0 Å². The summed E-state index contributed by atoms with van der Waals surface area (Å²) in [5.74, 6) is -0.143. The lowest BCUT2D eigenvalue weighted by molar-refractivity contribution is 0.623. The second-order valence-electron chi connectivity index (χ2n) is 3.36. The van der Waals surface area contributed by atoms with Crippen molar-refractivity contribution in [2.45, 2.75) is 26.7 Å². The predicted molar refractivity (Wildman–Crippen MR) is 64.1 cm³/mol. The van der Waals surface area contributed by atoms with Crippen molar-refractivity contribution in [1.29, 1.82) is 0 Å². The highest BCUT2D eigenvalue weighted by atomic mass is 19.1. The number of benzene rings is 1. The average molecular weight is 204 g/mol. The van der Waals surface area contributed by atoms with Crippen LogP contribution in [0.4, 0.5) is 4.39 Å². The maximum Gasteiger partial charge on any atom is 0.130 e. The molecule has 1 heteroatoms. The number of hydrogen-bond donors (Lipinski definition) is 0. The minimum Gasteiger partial charge on any atom is -0.206 e. The summed E-state index contributed by atoms with van der Waals surface area (Å²) in [7, 11) is 0. The first-order valence-corrected chi connectivity index (χ1v) is 5.40. The van der Waals surface area contributed by atoms with Crippen LogP contribution in [-0.2, 0) is 0 Å². The van der Waals surface area contributed by atoms with Gasteiger partial charge in [0.2, 0.25) is 0 Å². The van der Waals surface area contributed by atoms with E-state index in [9.17, 15) is 4.39 Å². The second kappa shape index (κ2) is 6.18. The van der Waals surface area contributed by atoms with Crippen molar-refractivity contribution >= 4 is 5.57 Å². The summed E-state index contributed by atoms with van der Waals surface area (Å²) >= 11 is 0. The summed E-state index contributed by atoms with van der Waals surface area (Å²) in [6.07, 6.45) is 7.89. The van der Waals surface area contributed by atoms with Crippen LogP contribution in [0.3, 0.4) is 0 Å². The smallest absolute Gasteiger partial charge is 0.130 e. The lowest BCUT2D eigenvalue weighted by atomic mass is 10.0. The van der Waals surface area contributed by atoms with Crippen LogP contribution < -0.4 is 0 Å². The molecule has 0 nitrogen and oxygen atoms in total. The highest BCUT2D eigenvalue weighted by Crippen LogP contribution is 2.20. The van der Waals surface area contributed by atoms with E-state index in [1.165, 1.54) is 6.07 Å². The third-order valence-corrected chi connectivity index (χ3v) is 2.27. The predicted octanol–water partition coefficient (Wildman–Crippen LogP) is 4.59. The Bertz CT molecular complexity index is 361. The van der Waals surface area contributed by atoms with E-state index < -0.39 is 0 Å². The second-order valence-corrected chi connectivity index (χ2v) is 3.36. The first kappa shape index (κ1) is 11.7. The zero-order chi connectivity index (χ0) is 11.1. The molecule has 0 aliphatic rings. The Kier molecular flexibility index (Phi) is 4.82. The fraction of sp³-hybridized carbons (Fsp3) is 0.286. The molecule has 0 atom stereocenters. The maximum absolute atomic E-state index is 13.5. The van der Waals surface area contributed by atoms with E-state index in [1.807, 2.05) is 31.2 Å². The van der Waals surface area contributed by atoms with Crippen molar-refractivity contribution in [3.8, 4) is 0 Å². The molecule has 0 aliphatic carbocycles. The van der Waals surface area contributed by atoms with Gasteiger partial charge in [0.15, 0.2) is 0 Å². The number of rotatable bonds is 4. The van der Waals surface area contributed by atoms with Gasteiger partial charge in [0.05, 0.1) is 0 Å². The summed E-state index contributed by atoms with van der Waals surface area (Å²) in [6, 6.07) is 6.91. The van der Waals surface area contributed by atoms with Gasteiger partial charge in [0.25, 0.3) is 0 Å². The van der Waals surface area contributed by atoms with E-state index >= 15 is 0 Å². The molecule has 1 rings (SSSR count). The molecular formula is C14H17F. The highest BCUT2D eigenvalue weighted by Gasteiger charge is 2.03. The minimum absolute atomic E-state index is 0.143. The van der Waals surface area contributed by atoms with E-state index in [0.717, 1.165) is 18.4 Å². The maximum atomic E-state index is 13.5. The minimum atomic E-state index is -0.143. The Labute approximate surface area is 91.1 Å². The largest absolute Gasteiger partial charge is 0.206 e. The number of hydrogen-bond acceptors (Lipinski definition) is 0. The van der Waals surface area contributed by atoms with Crippen LogP contribution in [0.5, 0.6) is 0 Å². The van der Waals surface area contributed by atoms with Crippen molar-refractivity contribution in [1.82, 2.24) is 0 Å². The zero-order valence-corrected chi connectivity index (χ0v) is 9.33. The Morgan fingerprint density at radius 1 is 1.27 bits per heavy atom. The van der Waals surface area contributed by atoms with E-state index in [-0.39, 0.29) is 5.82 Å². The highest BCUT2D eigenvalue weighted by molar-refractivity contribution is 5.67. The van der Waals surface area contributed by atoms with Crippen LogP contribution in [0, 0.1) is 5.82 Å². The molecule has 0 fully saturated rings. The summed E-state index contributed by atoms with van der Waals surface area (Å²) < 4.78 is 13.5. The van der Waals surface area contributed by atoms with E-state index in [2.05, 4.69) is 13.0 Å².